The van der Waals surface area contributed by atoms with E-state index in [2.05, 4.69) is 15.5 Å². The van der Waals surface area contributed by atoms with Crippen LogP contribution in [0.15, 0.2) is 36.4 Å². The molecule has 0 radical (unpaired) electrons. The van der Waals surface area contributed by atoms with E-state index < -0.39 is 0 Å². The molecule has 2 N–H and O–H groups in total. The molecule has 3 rings (SSSR count). The summed E-state index contributed by atoms with van der Waals surface area (Å²) in [4.78, 5) is 12.4. The molecule has 106 valence electrons. The number of fused-ring (bicyclic) bond motifs is 1. The van der Waals surface area contributed by atoms with Gasteiger partial charge < -0.3 is 5.32 Å². The van der Waals surface area contributed by atoms with Gasteiger partial charge in [-0.25, -0.2) is 0 Å². The van der Waals surface area contributed by atoms with Gasteiger partial charge in [-0.1, -0.05) is 29.3 Å². The van der Waals surface area contributed by atoms with Crippen molar-refractivity contribution in [3.63, 3.8) is 0 Å². The van der Waals surface area contributed by atoms with Gasteiger partial charge in [0.05, 0.1) is 5.52 Å². The lowest BCUT2D eigenvalue weighted by Crippen LogP contribution is -2.13. The first-order valence-electron chi connectivity index (χ1n) is 6.57. The smallest absolute Gasteiger partial charge is 0.276 e. The van der Waals surface area contributed by atoms with Crippen molar-refractivity contribution in [2.45, 2.75) is 13.8 Å². The zero-order chi connectivity index (χ0) is 15.0. The number of carbonyl (C=O) groups is 1. The van der Waals surface area contributed by atoms with Gasteiger partial charge in [0.15, 0.2) is 5.69 Å². The van der Waals surface area contributed by atoms with Gasteiger partial charge in [0.25, 0.3) is 5.91 Å². The minimum atomic E-state index is -0.253. The Balaban J connectivity index is 1.97. The highest BCUT2D eigenvalue weighted by atomic mass is 35.5. The lowest BCUT2D eigenvalue weighted by atomic mass is 10.1. The zero-order valence-electron chi connectivity index (χ0n) is 11.7. The van der Waals surface area contributed by atoms with E-state index in [1.165, 1.54) is 0 Å². The number of amides is 1. The fourth-order valence-electron chi connectivity index (χ4n) is 2.23. The molecule has 0 unspecified atom stereocenters. The second-order valence-corrected chi connectivity index (χ2v) is 5.39. The van der Waals surface area contributed by atoms with E-state index in [9.17, 15) is 4.79 Å². The quantitative estimate of drug-likeness (QED) is 0.749. The molecule has 1 aromatic heterocycles. The number of benzene rings is 2. The predicted octanol–water partition coefficient (Wildman–Crippen LogP) is 4.09. The Labute approximate surface area is 127 Å². The Morgan fingerprint density at radius 1 is 1.24 bits per heavy atom. The van der Waals surface area contributed by atoms with Gasteiger partial charge in [-0.2, -0.15) is 5.10 Å². The first-order chi connectivity index (χ1) is 10.1. The summed E-state index contributed by atoms with van der Waals surface area (Å²) in [6, 6.07) is 11.2. The van der Waals surface area contributed by atoms with Crippen LogP contribution in [0.5, 0.6) is 0 Å². The molecule has 0 fully saturated rings. The third-order valence-corrected chi connectivity index (χ3v) is 3.86. The average Bonchev–Trinajstić information content (AvgIpc) is 2.87. The molecule has 0 atom stereocenters. The Morgan fingerprint density at radius 2 is 2.05 bits per heavy atom. The molecule has 3 aromatic rings. The number of aromatic nitrogens is 2. The fourth-order valence-corrected chi connectivity index (χ4v) is 2.40. The zero-order valence-corrected chi connectivity index (χ0v) is 12.5. The minimum Gasteiger partial charge on any atom is -0.320 e. The van der Waals surface area contributed by atoms with Crippen LogP contribution in [0.25, 0.3) is 10.9 Å². The maximum absolute atomic E-state index is 12.4. The number of aromatic amines is 1. The van der Waals surface area contributed by atoms with Crippen LogP contribution >= 0.6 is 11.6 Å². The number of nitrogens with zero attached hydrogens (tertiary/aromatic N) is 1. The summed E-state index contributed by atoms with van der Waals surface area (Å²) in [7, 11) is 0. The number of carbonyl (C=O) groups excluding carboxylic acids is 1. The van der Waals surface area contributed by atoms with Gasteiger partial charge in [0.1, 0.15) is 0 Å². The summed E-state index contributed by atoms with van der Waals surface area (Å²) in [5, 5.41) is 11.3. The van der Waals surface area contributed by atoms with E-state index in [1.54, 1.807) is 12.1 Å². The molecule has 0 spiro atoms. The molecule has 0 saturated heterocycles. The lowest BCUT2D eigenvalue weighted by molar-refractivity contribution is 0.102. The molecule has 2 aromatic carbocycles. The van der Waals surface area contributed by atoms with Crippen LogP contribution < -0.4 is 5.32 Å². The van der Waals surface area contributed by atoms with Gasteiger partial charge in [-0.3, -0.25) is 9.89 Å². The number of aryl methyl sites for hydroxylation is 1. The first kappa shape index (κ1) is 13.6. The van der Waals surface area contributed by atoms with Gasteiger partial charge in [-0.15, -0.1) is 0 Å². The van der Waals surface area contributed by atoms with Crippen LogP contribution in [0.3, 0.4) is 0 Å². The summed E-state index contributed by atoms with van der Waals surface area (Å²) in [6.07, 6.45) is 0. The van der Waals surface area contributed by atoms with Crippen LogP contribution in [0, 0.1) is 13.8 Å². The Morgan fingerprint density at radius 3 is 2.86 bits per heavy atom. The van der Waals surface area contributed by atoms with Gasteiger partial charge in [-0.05, 0) is 43.7 Å². The fraction of sp³-hybridized carbons (Fsp3) is 0.125. The molecule has 0 saturated carbocycles. The number of anilines is 1. The normalized spacial score (nSPS) is 10.8. The molecule has 1 heterocycles. The van der Waals surface area contributed by atoms with Crippen molar-refractivity contribution in [1.82, 2.24) is 10.2 Å². The molecule has 1 amide bonds. The third-order valence-electron chi connectivity index (χ3n) is 3.45. The van der Waals surface area contributed by atoms with Crippen LogP contribution in [0.1, 0.15) is 21.6 Å². The van der Waals surface area contributed by atoms with Crippen molar-refractivity contribution in [1.29, 1.82) is 0 Å². The number of hydrogen-bond donors (Lipinski definition) is 2. The van der Waals surface area contributed by atoms with E-state index in [0.717, 1.165) is 22.0 Å². The molecule has 5 heteroatoms. The second-order valence-electron chi connectivity index (χ2n) is 4.99. The summed E-state index contributed by atoms with van der Waals surface area (Å²) in [5.74, 6) is -0.253. The van der Waals surface area contributed by atoms with Gasteiger partial charge >= 0.3 is 0 Å². The van der Waals surface area contributed by atoms with Crippen molar-refractivity contribution in [2.75, 3.05) is 5.32 Å². The number of H-pyrrole nitrogens is 1. The summed E-state index contributed by atoms with van der Waals surface area (Å²) >= 11 is 6.06. The van der Waals surface area contributed by atoms with Crippen LogP contribution in [-0.2, 0) is 0 Å². The van der Waals surface area contributed by atoms with Crippen molar-refractivity contribution < 1.29 is 4.79 Å². The number of halogens is 1. The van der Waals surface area contributed by atoms with E-state index in [1.807, 2.05) is 38.1 Å². The number of rotatable bonds is 2. The highest BCUT2D eigenvalue weighted by Crippen LogP contribution is 2.24. The molecular formula is C16H14ClN3O. The highest BCUT2D eigenvalue weighted by Gasteiger charge is 2.15. The van der Waals surface area contributed by atoms with Gasteiger partial charge in [0, 0.05) is 16.1 Å². The van der Waals surface area contributed by atoms with E-state index >= 15 is 0 Å². The monoisotopic (exact) mass is 299 g/mol. The predicted molar refractivity (Wildman–Crippen MR) is 85.0 cm³/mol. The number of hydrogen-bond acceptors (Lipinski definition) is 2. The molecule has 0 aliphatic rings. The average molecular weight is 300 g/mol. The van der Waals surface area contributed by atoms with E-state index in [-0.39, 0.29) is 5.91 Å². The first-order valence-corrected chi connectivity index (χ1v) is 6.95. The summed E-state index contributed by atoms with van der Waals surface area (Å²) < 4.78 is 0. The SMILES string of the molecule is Cc1ccc2[nH]nc(C(=O)Nc3cccc(Cl)c3C)c2c1. The van der Waals surface area contributed by atoms with Gasteiger partial charge in [0.2, 0.25) is 0 Å². The molecule has 0 aliphatic heterocycles. The topological polar surface area (TPSA) is 57.8 Å². The van der Waals surface area contributed by atoms with Crippen LogP contribution in [-0.4, -0.2) is 16.1 Å². The highest BCUT2D eigenvalue weighted by molar-refractivity contribution is 6.31. The maximum Gasteiger partial charge on any atom is 0.276 e. The summed E-state index contributed by atoms with van der Waals surface area (Å²) in [6.45, 7) is 3.85. The molecular weight excluding hydrogens is 286 g/mol. The minimum absolute atomic E-state index is 0.253. The Bertz CT molecular complexity index is 839. The Hall–Kier alpha value is -2.33. The maximum atomic E-state index is 12.4. The van der Waals surface area contributed by atoms with Crippen molar-refractivity contribution in [3.8, 4) is 0 Å². The summed E-state index contributed by atoms with van der Waals surface area (Å²) in [5.41, 5.74) is 3.83. The van der Waals surface area contributed by atoms with Crippen molar-refractivity contribution in [3.05, 3.63) is 58.2 Å². The third kappa shape index (κ3) is 2.50. The number of nitrogens with one attached hydrogen (secondary N) is 2. The van der Waals surface area contributed by atoms with Crippen LogP contribution in [0.2, 0.25) is 5.02 Å². The molecule has 4 nitrogen and oxygen atoms in total. The standard InChI is InChI=1S/C16H14ClN3O/c1-9-6-7-14-11(8-9)15(20-19-14)16(21)18-13-5-3-4-12(17)10(13)2/h3-8H,1-2H3,(H,18,21)(H,19,20). The Kier molecular flexibility index (Phi) is 3.39. The van der Waals surface area contributed by atoms with Crippen molar-refractivity contribution >= 4 is 34.1 Å². The lowest BCUT2D eigenvalue weighted by Gasteiger charge is -2.08. The second kappa shape index (κ2) is 5.22. The van der Waals surface area contributed by atoms with Crippen LogP contribution in [0.4, 0.5) is 5.69 Å². The molecule has 21 heavy (non-hydrogen) atoms. The molecule has 0 bridgehead atoms. The van der Waals surface area contributed by atoms with Crippen molar-refractivity contribution in [2.24, 2.45) is 0 Å². The largest absolute Gasteiger partial charge is 0.320 e. The van der Waals surface area contributed by atoms with E-state index in [4.69, 9.17) is 11.6 Å². The molecule has 0 aliphatic carbocycles. The van der Waals surface area contributed by atoms with E-state index in [0.29, 0.717) is 16.4 Å².